The van der Waals surface area contributed by atoms with Crippen LogP contribution in [-0.4, -0.2) is 32.4 Å². The Morgan fingerprint density at radius 2 is 1.88 bits per heavy atom. The summed E-state index contributed by atoms with van der Waals surface area (Å²) in [7, 11) is 1.53. The van der Waals surface area contributed by atoms with Crippen molar-refractivity contribution in [1.82, 2.24) is 19.5 Å². The van der Waals surface area contributed by atoms with Gasteiger partial charge in [0.25, 0.3) is 0 Å². The molecule has 0 amide bonds. The fourth-order valence-corrected chi connectivity index (χ4v) is 3.14. The quantitative estimate of drug-likeness (QED) is 0.662. The molecule has 3 aromatic rings. The number of carbonyl (C=O) groups excluding carboxylic acids is 1. The maximum atomic E-state index is 12.2. The predicted octanol–water partition coefficient (Wildman–Crippen LogP) is 4.06. The van der Waals surface area contributed by atoms with Gasteiger partial charge < -0.3 is 9.30 Å². The van der Waals surface area contributed by atoms with Gasteiger partial charge >= 0.3 is 6.01 Å². The van der Waals surface area contributed by atoms with Crippen LogP contribution in [-0.2, 0) is 6.54 Å². The van der Waals surface area contributed by atoms with E-state index < -0.39 is 0 Å². The second kappa shape index (κ2) is 6.52. The first kappa shape index (κ1) is 18.0. The van der Waals surface area contributed by atoms with Crippen molar-refractivity contribution in [3.05, 3.63) is 35.9 Å². The Morgan fingerprint density at radius 3 is 2.42 bits per heavy atom. The van der Waals surface area contributed by atoms with Gasteiger partial charge in [-0.1, -0.05) is 20.8 Å². The summed E-state index contributed by atoms with van der Waals surface area (Å²) in [6, 6.07) is 2.26. The Kier molecular flexibility index (Phi) is 4.52. The van der Waals surface area contributed by atoms with Crippen molar-refractivity contribution in [3.8, 4) is 17.3 Å². The molecule has 0 aliphatic carbocycles. The first-order valence-electron chi connectivity index (χ1n) is 8.57. The van der Waals surface area contributed by atoms with Gasteiger partial charge in [-0.05, 0) is 25.3 Å². The van der Waals surface area contributed by atoms with Crippen molar-refractivity contribution in [3.63, 3.8) is 0 Å². The van der Waals surface area contributed by atoms with Crippen molar-refractivity contribution < 1.29 is 9.53 Å². The van der Waals surface area contributed by atoms with Gasteiger partial charge in [0.2, 0.25) is 0 Å². The number of methoxy groups -OCH3 is 1. The molecule has 26 heavy (non-hydrogen) atoms. The van der Waals surface area contributed by atoms with E-state index in [0.717, 1.165) is 34.4 Å². The maximum absolute atomic E-state index is 12.2. The van der Waals surface area contributed by atoms with Crippen LogP contribution in [0.4, 0.5) is 0 Å². The van der Waals surface area contributed by atoms with Crippen LogP contribution in [0.3, 0.4) is 0 Å². The molecule has 0 saturated carbocycles. The summed E-state index contributed by atoms with van der Waals surface area (Å²) < 4.78 is 7.15. The largest absolute Gasteiger partial charge is 0.467 e. The second-order valence-electron chi connectivity index (χ2n) is 7.74. The molecule has 0 N–H and O–H groups in total. The molecule has 0 saturated heterocycles. The van der Waals surface area contributed by atoms with E-state index in [0.29, 0.717) is 11.6 Å². The number of Topliss-reactive ketones (excluding diaryl/α,β-unsaturated/α-hetero) is 1. The molecular weight excluding hydrogens is 328 g/mol. The summed E-state index contributed by atoms with van der Waals surface area (Å²) in [5.41, 5.74) is 4.22. The fraction of sp³-hybridized carbons (Fsp3) is 0.400. The van der Waals surface area contributed by atoms with Gasteiger partial charge in [-0.15, -0.1) is 0 Å². The summed E-state index contributed by atoms with van der Waals surface area (Å²) >= 11 is 0. The van der Waals surface area contributed by atoms with Crippen molar-refractivity contribution in [1.29, 1.82) is 0 Å². The van der Waals surface area contributed by atoms with Crippen LogP contribution in [0.1, 0.15) is 43.7 Å². The molecule has 3 rings (SSSR count). The van der Waals surface area contributed by atoms with Crippen LogP contribution in [0.15, 0.2) is 24.7 Å². The van der Waals surface area contributed by atoms with Crippen LogP contribution in [0.2, 0.25) is 0 Å². The number of hydrogen-bond acceptors (Lipinski definition) is 5. The lowest BCUT2D eigenvalue weighted by molar-refractivity contribution is 0.101. The lowest BCUT2D eigenvalue weighted by Gasteiger charge is -2.20. The number of nitrogens with zero attached hydrogens (tertiary/aromatic N) is 4. The summed E-state index contributed by atoms with van der Waals surface area (Å²) in [4.78, 5) is 25.2. The van der Waals surface area contributed by atoms with E-state index in [-0.39, 0.29) is 11.2 Å². The minimum absolute atomic E-state index is 0.0465. The Bertz CT molecular complexity index is 966. The highest BCUT2D eigenvalue weighted by molar-refractivity contribution is 6.08. The van der Waals surface area contributed by atoms with E-state index in [1.807, 2.05) is 19.2 Å². The molecule has 0 aliphatic rings. The number of rotatable bonds is 4. The minimum atomic E-state index is 0.0465. The summed E-state index contributed by atoms with van der Waals surface area (Å²) in [6.45, 7) is 10.9. The molecular formula is C20H24N4O2. The lowest BCUT2D eigenvalue weighted by atomic mass is 9.97. The van der Waals surface area contributed by atoms with E-state index in [2.05, 4.69) is 35.3 Å². The van der Waals surface area contributed by atoms with Crippen LogP contribution in [0, 0.1) is 12.3 Å². The smallest absolute Gasteiger partial charge is 0.316 e. The Balaban J connectivity index is 2.20. The molecule has 6 nitrogen and oxygen atoms in total. The van der Waals surface area contributed by atoms with E-state index in [9.17, 15) is 4.79 Å². The normalized spacial score (nSPS) is 11.8. The number of aryl methyl sites for hydroxylation is 1. The van der Waals surface area contributed by atoms with Gasteiger partial charge in [0.1, 0.15) is 0 Å². The molecule has 0 radical (unpaired) electrons. The molecule has 0 unspecified atom stereocenters. The molecule has 3 aromatic heterocycles. The third-order valence-electron chi connectivity index (χ3n) is 4.16. The molecule has 0 fully saturated rings. The SMILES string of the molecule is COc1ncc(-c2cc3c(C(C)=O)cn(CC(C)(C)C)c3c(C)n2)cn1. The highest BCUT2D eigenvalue weighted by atomic mass is 16.5. The molecule has 3 heterocycles. The van der Waals surface area contributed by atoms with E-state index in [1.54, 1.807) is 19.3 Å². The Labute approximate surface area is 153 Å². The second-order valence-corrected chi connectivity index (χ2v) is 7.74. The summed E-state index contributed by atoms with van der Waals surface area (Å²) in [6.07, 6.45) is 5.30. The Morgan fingerprint density at radius 1 is 1.23 bits per heavy atom. The molecule has 0 atom stereocenters. The number of fused-ring (bicyclic) bond motifs is 1. The van der Waals surface area contributed by atoms with Gasteiger partial charge in [0, 0.05) is 41.6 Å². The number of hydrogen-bond donors (Lipinski definition) is 0. The van der Waals surface area contributed by atoms with Crippen LogP contribution in [0.25, 0.3) is 22.2 Å². The molecule has 0 aromatic carbocycles. The standard InChI is InChI=1S/C20H24N4O2/c1-12-18-15(16(13(2)25)10-24(18)11-20(3,4)5)7-17(23-12)14-8-21-19(26-6)22-9-14/h7-10H,11H2,1-6H3. The lowest BCUT2D eigenvalue weighted by Crippen LogP contribution is -2.15. The highest BCUT2D eigenvalue weighted by Gasteiger charge is 2.20. The molecule has 6 heteroatoms. The number of carbonyl (C=O) groups is 1. The topological polar surface area (TPSA) is 69.9 Å². The maximum Gasteiger partial charge on any atom is 0.316 e. The molecule has 136 valence electrons. The van der Waals surface area contributed by atoms with E-state index in [1.165, 1.54) is 7.11 Å². The average molecular weight is 352 g/mol. The van der Waals surface area contributed by atoms with E-state index in [4.69, 9.17) is 9.72 Å². The van der Waals surface area contributed by atoms with Crippen molar-refractivity contribution in [2.75, 3.05) is 7.11 Å². The van der Waals surface area contributed by atoms with Gasteiger partial charge in [0.05, 0.1) is 24.0 Å². The van der Waals surface area contributed by atoms with Gasteiger partial charge in [-0.25, -0.2) is 9.97 Å². The zero-order chi connectivity index (χ0) is 19.1. The Hall–Kier alpha value is -2.76. The fourth-order valence-electron chi connectivity index (χ4n) is 3.14. The average Bonchev–Trinajstić information content (AvgIpc) is 2.92. The zero-order valence-corrected chi connectivity index (χ0v) is 16.1. The number of pyridine rings is 1. The van der Waals surface area contributed by atoms with Crippen molar-refractivity contribution >= 4 is 16.7 Å². The molecule has 0 spiro atoms. The van der Waals surface area contributed by atoms with Crippen molar-refractivity contribution in [2.45, 2.75) is 41.2 Å². The molecule has 0 bridgehead atoms. The predicted molar refractivity (Wildman–Crippen MR) is 102 cm³/mol. The monoisotopic (exact) mass is 352 g/mol. The van der Waals surface area contributed by atoms with Gasteiger partial charge in [-0.2, -0.15) is 0 Å². The zero-order valence-electron chi connectivity index (χ0n) is 16.1. The minimum Gasteiger partial charge on any atom is -0.467 e. The number of ether oxygens (including phenoxy) is 1. The van der Waals surface area contributed by atoms with Crippen LogP contribution in [0.5, 0.6) is 6.01 Å². The summed E-state index contributed by atoms with van der Waals surface area (Å²) in [5, 5.41) is 0.917. The highest BCUT2D eigenvalue weighted by Crippen LogP contribution is 2.31. The molecule has 0 aliphatic heterocycles. The summed E-state index contributed by atoms with van der Waals surface area (Å²) in [5.74, 6) is 0.0465. The van der Waals surface area contributed by atoms with E-state index >= 15 is 0 Å². The first-order chi connectivity index (χ1) is 12.2. The number of aromatic nitrogens is 4. The van der Waals surface area contributed by atoms with Crippen LogP contribution >= 0.6 is 0 Å². The third kappa shape index (κ3) is 3.45. The third-order valence-corrected chi connectivity index (χ3v) is 4.16. The first-order valence-corrected chi connectivity index (χ1v) is 8.57. The van der Waals surface area contributed by atoms with Crippen LogP contribution < -0.4 is 4.74 Å². The van der Waals surface area contributed by atoms with Gasteiger partial charge in [0.15, 0.2) is 5.78 Å². The number of ketones is 1. The van der Waals surface area contributed by atoms with Crippen molar-refractivity contribution in [2.24, 2.45) is 5.41 Å². The van der Waals surface area contributed by atoms with Gasteiger partial charge in [-0.3, -0.25) is 9.78 Å².